The second kappa shape index (κ2) is 5.70. The van der Waals surface area contributed by atoms with Crippen LogP contribution in [0.25, 0.3) is 0 Å². The Morgan fingerprint density at radius 2 is 2.05 bits per heavy atom. The van der Waals surface area contributed by atoms with Crippen molar-refractivity contribution in [1.82, 2.24) is 9.80 Å². The van der Waals surface area contributed by atoms with Gasteiger partial charge in [-0.3, -0.25) is 9.80 Å². The van der Waals surface area contributed by atoms with Crippen LogP contribution in [0.2, 0.25) is 5.02 Å². The molecular weight excluding hydrogens is 258 g/mol. The topological polar surface area (TPSA) is 32.5 Å². The van der Waals surface area contributed by atoms with Crippen molar-refractivity contribution in [2.24, 2.45) is 0 Å². The number of fused-ring (bicyclic) bond motifs is 1. The van der Waals surface area contributed by atoms with Crippen LogP contribution >= 0.6 is 11.6 Å². The average molecular weight is 280 g/mol. The fraction of sp³-hybridized carbons (Fsp3) is 0.600. The quantitative estimate of drug-likeness (QED) is 0.845. The van der Waals surface area contributed by atoms with E-state index in [-0.39, 0.29) is 0 Å². The van der Waals surface area contributed by atoms with Crippen molar-refractivity contribution in [2.45, 2.75) is 31.8 Å². The first-order chi connectivity index (χ1) is 9.22. The lowest BCUT2D eigenvalue weighted by Crippen LogP contribution is -2.36. The minimum Gasteiger partial charge on any atom is -0.398 e. The van der Waals surface area contributed by atoms with Gasteiger partial charge in [-0.2, -0.15) is 0 Å². The average Bonchev–Trinajstić information content (AvgIpc) is 2.73. The van der Waals surface area contributed by atoms with Crippen LogP contribution in [0.5, 0.6) is 0 Å². The van der Waals surface area contributed by atoms with Gasteiger partial charge in [-0.25, -0.2) is 0 Å². The van der Waals surface area contributed by atoms with Gasteiger partial charge in [-0.15, -0.1) is 0 Å². The van der Waals surface area contributed by atoms with Gasteiger partial charge in [0.05, 0.1) is 10.7 Å². The molecular formula is C15H22ClN3. The molecule has 0 bridgehead atoms. The molecule has 0 spiro atoms. The highest BCUT2D eigenvalue weighted by Crippen LogP contribution is 2.24. The van der Waals surface area contributed by atoms with Gasteiger partial charge in [0, 0.05) is 19.1 Å². The van der Waals surface area contributed by atoms with E-state index in [0.29, 0.717) is 10.7 Å². The van der Waals surface area contributed by atoms with Gasteiger partial charge >= 0.3 is 0 Å². The van der Waals surface area contributed by atoms with Gasteiger partial charge in [-0.1, -0.05) is 17.7 Å². The molecule has 1 aromatic rings. The van der Waals surface area contributed by atoms with E-state index in [0.717, 1.165) is 12.6 Å². The van der Waals surface area contributed by atoms with Crippen molar-refractivity contribution >= 4 is 17.3 Å². The lowest BCUT2D eigenvalue weighted by atomic mass is 10.1. The second-order valence-electron chi connectivity index (χ2n) is 5.78. The predicted molar refractivity (Wildman–Crippen MR) is 80.4 cm³/mol. The first kappa shape index (κ1) is 13.2. The first-order valence-corrected chi connectivity index (χ1v) is 7.60. The van der Waals surface area contributed by atoms with Gasteiger partial charge in [0.1, 0.15) is 0 Å². The molecule has 2 aliphatic heterocycles. The summed E-state index contributed by atoms with van der Waals surface area (Å²) in [5.41, 5.74) is 7.85. The molecule has 2 saturated heterocycles. The maximum Gasteiger partial charge on any atom is 0.0635 e. The van der Waals surface area contributed by atoms with Crippen LogP contribution < -0.4 is 5.73 Å². The largest absolute Gasteiger partial charge is 0.398 e. The molecule has 0 aromatic heterocycles. The summed E-state index contributed by atoms with van der Waals surface area (Å²) in [5, 5.41) is 0.654. The number of benzene rings is 1. The summed E-state index contributed by atoms with van der Waals surface area (Å²) in [6, 6.07) is 6.79. The monoisotopic (exact) mass is 279 g/mol. The zero-order chi connectivity index (χ0) is 13.2. The van der Waals surface area contributed by atoms with Gasteiger partial charge in [-0.05, 0) is 56.6 Å². The molecule has 2 aliphatic rings. The lowest BCUT2D eigenvalue weighted by Gasteiger charge is -2.25. The molecule has 0 amide bonds. The summed E-state index contributed by atoms with van der Waals surface area (Å²) in [6.45, 7) is 5.94. The van der Waals surface area contributed by atoms with Crippen molar-refractivity contribution in [3.05, 3.63) is 28.8 Å². The number of rotatable bonds is 2. The zero-order valence-corrected chi connectivity index (χ0v) is 12.1. The number of halogens is 1. The van der Waals surface area contributed by atoms with Gasteiger partial charge in [0.25, 0.3) is 0 Å². The van der Waals surface area contributed by atoms with Crippen molar-refractivity contribution in [2.75, 3.05) is 31.9 Å². The third-order valence-corrected chi connectivity index (χ3v) is 4.70. The number of nitrogens with two attached hydrogens (primary N) is 1. The molecule has 1 atom stereocenters. The fourth-order valence-electron chi connectivity index (χ4n) is 3.38. The van der Waals surface area contributed by atoms with Crippen LogP contribution in [0.1, 0.15) is 24.8 Å². The number of nitrogens with zero attached hydrogens (tertiary/aromatic N) is 2. The number of nitrogen functional groups attached to an aromatic ring is 1. The standard InChI is InChI=1S/C15H22ClN3/c16-14-5-4-12(9-15(14)17)10-18-6-2-8-19-7-1-3-13(19)11-18/h4-5,9,13H,1-3,6-8,10-11,17H2. The molecule has 3 nitrogen and oxygen atoms in total. The van der Waals surface area contributed by atoms with Gasteiger partial charge in [0.15, 0.2) is 0 Å². The Morgan fingerprint density at radius 3 is 2.89 bits per heavy atom. The van der Waals surface area contributed by atoms with Crippen LogP contribution in [0.3, 0.4) is 0 Å². The molecule has 3 rings (SSSR count). The molecule has 19 heavy (non-hydrogen) atoms. The predicted octanol–water partition coefficient (Wildman–Crippen LogP) is 2.59. The second-order valence-corrected chi connectivity index (χ2v) is 6.18. The van der Waals surface area contributed by atoms with Crippen molar-refractivity contribution in [1.29, 1.82) is 0 Å². The summed E-state index contributed by atoms with van der Waals surface area (Å²) >= 11 is 5.98. The first-order valence-electron chi connectivity index (χ1n) is 7.23. The smallest absolute Gasteiger partial charge is 0.0635 e. The van der Waals surface area contributed by atoms with E-state index in [1.165, 1.54) is 51.0 Å². The van der Waals surface area contributed by atoms with Crippen LogP contribution in [-0.4, -0.2) is 42.0 Å². The maximum absolute atomic E-state index is 5.98. The Kier molecular flexibility index (Phi) is 3.96. The summed E-state index contributed by atoms with van der Waals surface area (Å²) in [7, 11) is 0. The van der Waals surface area contributed by atoms with E-state index < -0.39 is 0 Å². The van der Waals surface area contributed by atoms with Crippen molar-refractivity contribution in [3.63, 3.8) is 0 Å². The molecule has 1 unspecified atom stereocenters. The van der Waals surface area contributed by atoms with Crippen LogP contribution in [0, 0.1) is 0 Å². The van der Waals surface area contributed by atoms with E-state index in [4.69, 9.17) is 17.3 Å². The summed E-state index contributed by atoms with van der Waals surface area (Å²) in [6.07, 6.45) is 4.01. The van der Waals surface area contributed by atoms with Crippen LogP contribution in [0.15, 0.2) is 18.2 Å². The summed E-state index contributed by atoms with van der Waals surface area (Å²) in [4.78, 5) is 5.23. The number of hydrogen-bond donors (Lipinski definition) is 1. The van der Waals surface area contributed by atoms with Gasteiger partial charge < -0.3 is 5.73 Å². The van der Waals surface area contributed by atoms with Crippen molar-refractivity contribution in [3.8, 4) is 0 Å². The number of anilines is 1. The molecule has 0 aliphatic carbocycles. The molecule has 2 N–H and O–H groups in total. The minimum absolute atomic E-state index is 0.654. The third-order valence-electron chi connectivity index (χ3n) is 4.35. The summed E-state index contributed by atoms with van der Waals surface area (Å²) in [5.74, 6) is 0. The Labute approximate surface area is 120 Å². The van der Waals surface area contributed by atoms with E-state index in [1.807, 2.05) is 12.1 Å². The van der Waals surface area contributed by atoms with Gasteiger partial charge in [0.2, 0.25) is 0 Å². The highest BCUT2D eigenvalue weighted by atomic mass is 35.5. The van der Waals surface area contributed by atoms with E-state index in [2.05, 4.69) is 15.9 Å². The SMILES string of the molecule is Nc1cc(CN2CCCN3CCCC3C2)ccc1Cl. The van der Waals surface area contributed by atoms with Crippen LogP contribution in [0.4, 0.5) is 5.69 Å². The van der Waals surface area contributed by atoms with E-state index in [1.54, 1.807) is 0 Å². The zero-order valence-electron chi connectivity index (χ0n) is 11.3. The lowest BCUT2D eigenvalue weighted by molar-refractivity contribution is 0.215. The molecule has 1 aromatic carbocycles. The molecule has 2 heterocycles. The Balaban J connectivity index is 1.66. The molecule has 0 radical (unpaired) electrons. The van der Waals surface area contributed by atoms with E-state index in [9.17, 15) is 0 Å². The molecule has 104 valence electrons. The summed E-state index contributed by atoms with van der Waals surface area (Å²) < 4.78 is 0. The Bertz CT molecular complexity index is 449. The highest BCUT2D eigenvalue weighted by Gasteiger charge is 2.28. The molecule has 4 heteroatoms. The third kappa shape index (κ3) is 3.04. The maximum atomic E-state index is 5.98. The van der Waals surface area contributed by atoms with Crippen LogP contribution in [-0.2, 0) is 6.54 Å². The fourth-order valence-corrected chi connectivity index (χ4v) is 3.49. The number of hydrogen-bond acceptors (Lipinski definition) is 3. The minimum atomic E-state index is 0.654. The molecule has 2 fully saturated rings. The Hall–Kier alpha value is -0.770. The highest BCUT2D eigenvalue weighted by molar-refractivity contribution is 6.33. The molecule has 0 saturated carbocycles. The Morgan fingerprint density at radius 1 is 1.21 bits per heavy atom. The van der Waals surface area contributed by atoms with E-state index >= 15 is 0 Å². The van der Waals surface area contributed by atoms with Crippen molar-refractivity contribution < 1.29 is 0 Å². The normalized spacial score (nSPS) is 25.2.